The van der Waals surface area contributed by atoms with E-state index in [0.717, 1.165) is 37.9 Å². The summed E-state index contributed by atoms with van der Waals surface area (Å²) in [5.74, 6) is -0.253. The number of unbranched alkanes of at least 4 members (excludes halogenated alkanes) is 10. The van der Waals surface area contributed by atoms with Crippen LogP contribution in [0, 0.1) is 0 Å². The number of nitrogens with zero attached hydrogens (tertiary/aromatic N) is 2. The van der Waals surface area contributed by atoms with E-state index in [-0.39, 0.29) is 17.2 Å². The molecule has 28 heavy (non-hydrogen) atoms. The summed E-state index contributed by atoms with van der Waals surface area (Å²) in [6.07, 6.45) is 23.7. The molecule has 0 aromatic heterocycles. The fourth-order valence-electron chi connectivity index (χ4n) is 3.75. The number of rotatable bonds is 17. The van der Waals surface area contributed by atoms with Crippen LogP contribution in [-0.4, -0.2) is 29.0 Å². The van der Waals surface area contributed by atoms with Gasteiger partial charge in [-0.05, 0) is 32.1 Å². The van der Waals surface area contributed by atoms with Gasteiger partial charge in [0.1, 0.15) is 18.9 Å². The molecule has 160 valence electrons. The average Bonchev–Trinajstić information content (AvgIpc) is 3.05. The van der Waals surface area contributed by atoms with Gasteiger partial charge in [0, 0.05) is 13.3 Å². The van der Waals surface area contributed by atoms with Gasteiger partial charge >= 0.3 is 0 Å². The Bertz CT molecular complexity index is 526. The minimum atomic E-state index is -1.09. The summed E-state index contributed by atoms with van der Waals surface area (Å²) >= 11 is 0. The number of hydrogen-bond donors (Lipinski definition) is 1. The topological polar surface area (TPSA) is 78.5 Å². The van der Waals surface area contributed by atoms with Crippen LogP contribution in [0.15, 0.2) is 29.5 Å². The molecule has 2 atom stereocenters. The van der Waals surface area contributed by atoms with Gasteiger partial charge < -0.3 is 9.90 Å². The monoisotopic (exact) mass is 391 g/mol. The lowest BCUT2D eigenvalue weighted by atomic mass is 10.1. The molecule has 2 N–H and O–H groups in total. The molecule has 0 aromatic rings. The number of nitrogens with two attached hydrogens (primary N) is 1. The van der Waals surface area contributed by atoms with Crippen LogP contribution >= 0.6 is 0 Å². The zero-order chi connectivity index (χ0) is 20.7. The Labute approximate surface area is 172 Å². The first kappa shape index (κ1) is 24.6. The van der Waals surface area contributed by atoms with Crippen molar-refractivity contribution in [2.75, 3.05) is 6.54 Å². The van der Waals surface area contributed by atoms with Crippen molar-refractivity contribution in [3.8, 4) is 0 Å². The lowest BCUT2D eigenvalue weighted by molar-refractivity contribution is -0.808. The molecule has 0 radical (unpaired) electrons. The highest BCUT2D eigenvalue weighted by Crippen LogP contribution is 2.23. The first-order chi connectivity index (χ1) is 13.5. The molecule has 0 amide bonds. The van der Waals surface area contributed by atoms with E-state index in [0.29, 0.717) is 0 Å². The molecule has 0 spiro atoms. The SMILES string of the molecule is CCCCCCCCC/C=C/CCCCCC1=NC=C[N+]1(CC(=O)[O-])C(C)N. The third-order valence-corrected chi connectivity index (χ3v) is 5.57. The van der Waals surface area contributed by atoms with Crippen molar-refractivity contribution < 1.29 is 14.4 Å². The van der Waals surface area contributed by atoms with E-state index in [9.17, 15) is 9.90 Å². The van der Waals surface area contributed by atoms with Gasteiger partial charge in [0.25, 0.3) is 0 Å². The number of carbonyl (C=O) groups is 1. The number of amidine groups is 1. The van der Waals surface area contributed by atoms with Crippen LogP contribution in [-0.2, 0) is 4.79 Å². The highest BCUT2D eigenvalue weighted by Gasteiger charge is 2.38. The highest BCUT2D eigenvalue weighted by molar-refractivity contribution is 5.81. The van der Waals surface area contributed by atoms with Gasteiger partial charge in [-0.1, -0.05) is 64.0 Å². The highest BCUT2D eigenvalue weighted by atomic mass is 16.4. The van der Waals surface area contributed by atoms with Crippen molar-refractivity contribution in [3.63, 3.8) is 0 Å². The minimum absolute atomic E-state index is 0.0979. The largest absolute Gasteiger partial charge is 0.544 e. The number of quaternary nitrogens is 1. The van der Waals surface area contributed by atoms with Crippen molar-refractivity contribution in [2.24, 2.45) is 10.7 Å². The predicted octanol–water partition coefficient (Wildman–Crippen LogP) is 4.39. The molecular formula is C23H41N3O2. The number of aliphatic imine (C=N–C) groups is 1. The van der Waals surface area contributed by atoms with E-state index >= 15 is 0 Å². The second-order valence-corrected chi connectivity index (χ2v) is 8.03. The van der Waals surface area contributed by atoms with Crippen LogP contribution in [0.4, 0.5) is 0 Å². The molecule has 0 fully saturated rings. The van der Waals surface area contributed by atoms with Crippen LogP contribution in [0.2, 0.25) is 0 Å². The first-order valence-electron chi connectivity index (χ1n) is 11.3. The van der Waals surface area contributed by atoms with Crippen LogP contribution in [0.5, 0.6) is 0 Å². The zero-order valence-corrected chi connectivity index (χ0v) is 18.1. The maximum Gasteiger partial charge on any atom is 0.209 e. The Morgan fingerprint density at radius 1 is 1.07 bits per heavy atom. The van der Waals surface area contributed by atoms with E-state index in [4.69, 9.17) is 5.73 Å². The smallest absolute Gasteiger partial charge is 0.209 e. The fourth-order valence-corrected chi connectivity index (χ4v) is 3.75. The molecule has 0 aromatic carbocycles. The number of carboxylic acids is 1. The van der Waals surface area contributed by atoms with E-state index in [1.54, 1.807) is 12.4 Å². The molecular weight excluding hydrogens is 350 g/mol. The van der Waals surface area contributed by atoms with Crippen molar-refractivity contribution in [2.45, 2.75) is 103 Å². The van der Waals surface area contributed by atoms with Crippen LogP contribution in [0.1, 0.15) is 97.3 Å². The number of aliphatic carboxylic acids is 1. The Morgan fingerprint density at radius 2 is 1.64 bits per heavy atom. The summed E-state index contributed by atoms with van der Waals surface area (Å²) < 4.78 is 0.0979. The van der Waals surface area contributed by atoms with Gasteiger partial charge in [-0.25, -0.2) is 9.48 Å². The molecule has 0 aliphatic carbocycles. The quantitative estimate of drug-likeness (QED) is 0.227. The number of carbonyl (C=O) groups excluding carboxylic acids is 1. The van der Waals surface area contributed by atoms with Gasteiger partial charge in [-0.15, -0.1) is 0 Å². The molecule has 1 aliphatic rings. The maximum absolute atomic E-state index is 11.1. The summed E-state index contributed by atoms with van der Waals surface area (Å²) in [7, 11) is 0. The second kappa shape index (κ2) is 14.5. The van der Waals surface area contributed by atoms with E-state index in [2.05, 4.69) is 24.1 Å². The third-order valence-electron chi connectivity index (χ3n) is 5.57. The van der Waals surface area contributed by atoms with E-state index < -0.39 is 5.97 Å². The van der Waals surface area contributed by atoms with Crippen LogP contribution in [0.3, 0.4) is 0 Å². The van der Waals surface area contributed by atoms with Gasteiger partial charge in [0.15, 0.2) is 0 Å². The zero-order valence-electron chi connectivity index (χ0n) is 18.1. The molecule has 2 unspecified atom stereocenters. The lowest BCUT2D eigenvalue weighted by Gasteiger charge is -2.36. The van der Waals surface area contributed by atoms with Gasteiger partial charge in [0.2, 0.25) is 5.84 Å². The summed E-state index contributed by atoms with van der Waals surface area (Å²) in [5, 5.41) is 11.1. The summed E-state index contributed by atoms with van der Waals surface area (Å²) in [6, 6.07) is 0. The van der Waals surface area contributed by atoms with Gasteiger partial charge in [0.05, 0.1) is 12.2 Å². The Morgan fingerprint density at radius 3 is 2.21 bits per heavy atom. The summed E-state index contributed by atoms with van der Waals surface area (Å²) in [4.78, 5) is 15.5. The number of carboxylic acid groups (broad SMARTS) is 1. The number of hydrogen-bond acceptors (Lipinski definition) is 4. The molecule has 0 bridgehead atoms. The van der Waals surface area contributed by atoms with Crippen LogP contribution < -0.4 is 10.8 Å². The Balaban J connectivity index is 2.10. The molecule has 5 nitrogen and oxygen atoms in total. The predicted molar refractivity (Wildman–Crippen MR) is 115 cm³/mol. The van der Waals surface area contributed by atoms with Crippen LogP contribution in [0.25, 0.3) is 0 Å². The van der Waals surface area contributed by atoms with Crippen molar-refractivity contribution >= 4 is 11.8 Å². The first-order valence-corrected chi connectivity index (χ1v) is 11.3. The second-order valence-electron chi connectivity index (χ2n) is 8.03. The molecule has 1 rings (SSSR count). The molecule has 0 saturated heterocycles. The summed E-state index contributed by atoms with van der Waals surface area (Å²) in [6.45, 7) is 3.94. The Kier molecular flexibility index (Phi) is 12.8. The molecule has 1 aliphatic heterocycles. The molecule has 0 saturated carbocycles. The Hall–Kier alpha value is -1.46. The van der Waals surface area contributed by atoms with E-state index in [1.165, 1.54) is 51.4 Å². The fraction of sp³-hybridized carbons (Fsp3) is 0.739. The normalized spacial score (nSPS) is 20.0. The minimum Gasteiger partial charge on any atom is -0.544 e. The summed E-state index contributed by atoms with van der Waals surface area (Å²) in [5.41, 5.74) is 6.06. The maximum atomic E-state index is 11.1. The standard InChI is InChI=1S/C23H41N3O2/c1-3-4-5-6-7-8-9-10-11-12-13-14-15-16-17-22-25-18-19-26(22,21(2)24)20-23(27)28/h11-12,18-19,21H,3-10,13-17,20,24H2,1-2H3/b12-11+. The van der Waals surface area contributed by atoms with Gasteiger partial charge in [-0.2, -0.15) is 0 Å². The lowest BCUT2D eigenvalue weighted by Crippen LogP contribution is -2.60. The molecule has 5 heteroatoms. The molecule has 1 heterocycles. The van der Waals surface area contributed by atoms with E-state index in [1.807, 2.05) is 6.92 Å². The number of allylic oxidation sites excluding steroid dienone is 2. The van der Waals surface area contributed by atoms with Crippen molar-refractivity contribution in [1.29, 1.82) is 0 Å². The van der Waals surface area contributed by atoms with Gasteiger partial charge in [-0.3, -0.25) is 5.73 Å². The third kappa shape index (κ3) is 9.16. The average molecular weight is 392 g/mol. The van der Waals surface area contributed by atoms with Crippen molar-refractivity contribution in [3.05, 3.63) is 24.6 Å². The van der Waals surface area contributed by atoms with Crippen molar-refractivity contribution in [1.82, 2.24) is 0 Å².